The van der Waals surface area contributed by atoms with E-state index >= 15 is 0 Å². The van der Waals surface area contributed by atoms with Gasteiger partial charge < -0.3 is 10.2 Å². The van der Waals surface area contributed by atoms with Crippen LogP contribution in [-0.2, 0) is 9.59 Å². The molecular weight excluding hydrogens is 388 g/mol. The Labute approximate surface area is 192 Å². The van der Waals surface area contributed by atoms with Gasteiger partial charge in [-0.05, 0) is 91.9 Å². The molecule has 0 aromatic rings. The zero-order valence-corrected chi connectivity index (χ0v) is 19.4. The maximum Gasteiger partial charge on any atom is 0.306 e. The highest BCUT2D eigenvalue weighted by Crippen LogP contribution is 2.66. The van der Waals surface area contributed by atoms with E-state index in [9.17, 15) is 19.8 Å². The first kappa shape index (κ1) is 19.3. The Morgan fingerprint density at radius 3 is 2.68 bits per heavy atom. The van der Waals surface area contributed by atoms with Gasteiger partial charge in [0.25, 0.3) is 0 Å². The van der Waals surface area contributed by atoms with Crippen molar-refractivity contribution in [2.45, 2.75) is 97.9 Å². The third-order valence-electron chi connectivity index (χ3n) is 10.1. The molecule has 4 rings (SSSR count). The molecule has 1 unspecified atom stereocenters. The highest BCUT2D eigenvalue weighted by molar-refractivity contribution is 5.94. The van der Waals surface area contributed by atoms with E-state index in [2.05, 4.69) is 20.8 Å². The van der Waals surface area contributed by atoms with Crippen LogP contribution in [0.3, 0.4) is 0 Å². The van der Waals surface area contributed by atoms with Crippen molar-refractivity contribution in [2.24, 2.45) is 46.3 Å². The van der Waals surface area contributed by atoms with Gasteiger partial charge in [0.05, 0.1) is 12.0 Å². The summed E-state index contributed by atoms with van der Waals surface area (Å²) in [5, 5.41) is 19.5. The van der Waals surface area contributed by atoms with Gasteiger partial charge in [0, 0.05) is 10.0 Å². The van der Waals surface area contributed by atoms with E-state index in [1.54, 1.807) is 0 Å². The second-order valence-electron chi connectivity index (χ2n) is 11.7. The van der Waals surface area contributed by atoms with Gasteiger partial charge in [0.1, 0.15) is 0 Å². The average Bonchev–Trinajstić information content (AvgIpc) is 3.08. The van der Waals surface area contributed by atoms with Crippen LogP contribution in [0.1, 0.15) is 95.9 Å². The second-order valence-corrected chi connectivity index (χ2v) is 11.7. The Balaban J connectivity index is 1.46. The molecule has 3 saturated carbocycles. The first-order valence-electron chi connectivity index (χ1n) is 13.9. The predicted molar refractivity (Wildman–Crippen MR) is 121 cm³/mol. The molecule has 0 aliphatic heterocycles. The van der Waals surface area contributed by atoms with Crippen molar-refractivity contribution in [2.75, 3.05) is 0 Å². The molecule has 0 saturated heterocycles. The van der Waals surface area contributed by atoms with Crippen molar-refractivity contribution in [1.29, 1.82) is 0 Å². The molecule has 4 aliphatic carbocycles. The lowest BCUT2D eigenvalue weighted by Crippen LogP contribution is -2.53. The van der Waals surface area contributed by atoms with Gasteiger partial charge in [0.15, 0.2) is 5.78 Å². The molecule has 3 fully saturated rings. The minimum atomic E-state index is -2.46. The largest absolute Gasteiger partial charge is 0.481 e. The van der Waals surface area contributed by atoms with Crippen LogP contribution in [0.5, 0.6) is 0 Å². The van der Waals surface area contributed by atoms with Crippen molar-refractivity contribution in [3.63, 3.8) is 0 Å². The average molecular weight is 434 g/mol. The number of allylic oxidation sites excluding steroid dienone is 1. The third kappa shape index (κ3) is 3.81. The van der Waals surface area contributed by atoms with E-state index in [1.807, 2.05) is 6.08 Å². The fourth-order valence-corrected chi connectivity index (χ4v) is 8.33. The summed E-state index contributed by atoms with van der Waals surface area (Å²) in [6.07, 6.45) is 9.93. The Kier molecular flexibility index (Phi) is 5.18. The molecule has 0 aromatic carbocycles. The smallest absolute Gasteiger partial charge is 0.306 e. The number of carbonyl (C=O) groups is 2. The van der Waals surface area contributed by atoms with Crippen molar-refractivity contribution in [1.82, 2.24) is 0 Å². The molecular formula is C27H42O4. The first-order valence-corrected chi connectivity index (χ1v) is 12.4. The summed E-state index contributed by atoms with van der Waals surface area (Å²) < 4.78 is 22.6. The fraction of sp³-hybridized carbons (Fsp3) is 0.852. The lowest BCUT2D eigenvalue weighted by Gasteiger charge is -2.57. The molecule has 4 aliphatic rings. The summed E-state index contributed by atoms with van der Waals surface area (Å²) in [6.45, 7) is 4.48. The zero-order chi connectivity index (χ0) is 25.1. The van der Waals surface area contributed by atoms with Crippen LogP contribution in [0.2, 0.25) is 0 Å². The number of rotatable bonds is 6. The number of aliphatic hydroxyl groups is 1. The molecule has 0 heterocycles. The molecule has 0 amide bonds. The van der Waals surface area contributed by atoms with Crippen molar-refractivity contribution < 1.29 is 23.9 Å². The van der Waals surface area contributed by atoms with Gasteiger partial charge >= 0.3 is 5.97 Å². The quantitative estimate of drug-likeness (QED) is 0.569. The Hall–Kier alpha value is -1.16. The van der Waals surface area contributed by atoms with E-state index < -0.39 is 18.7 Å². The van der Waals surface area contributed by atoms with Gasteiger partial charge in [-0.25, -0.2) is 0 Å². The normalized spacial score (nSPS) is 45.8. The Bertz CT molecular complexity index is 851. The van der Waals surface area contributed by atoms with Crippen LogP contribution >= 0.6 is 0 Å². The second kappa shape index (κ2) is 8.32. The summed E-state index contributed by atoms with van der Waals surface area (Å²) in [5.74, 6) is -0.568. The number of carboxylic acids is 1. The minimum Gasteiger partial charge on any atom is -0.481 e. The number of hydrogen-bond donors (Lipinski definition) is 2. The molecule has 0 spiro atoms. The third-order valence-corrected chi connectivity index (χ3v) is 10.1. The first-order chi connectivity index (χ1) is 15.8. The van der Waals surface area contributed by atoms with Crippen molar-refractivity contribution in [3.8, 4) is 0 Å². The van der Waals surface area contributed by atoms with Crippen LogP contribution < -0.4 is 0 Å². The maximum absolute atomic E-state index is 13.4. The number of hydrogen-bond acceptors (Lipinski definition) is 3. The summed E-state index contributed by atoms with van der Waals surface area (Å²) >= 11 is 0. The Morgan fingerprint density at radius 1 is 1.19 bits per heavy atom. The summed E-state index contributed by atoms with van der Waals surface area (Å²) in [7, 11) is 0. The molecule has 174 valence electrons. The van der Waals surface area contributed by atoms with E-state index in [0.29, 0.717) is 36.5 Å². The van der Waals surface area contributed by atoms with Crippen LogP contribution in [-0.4, -0.2) is 28.1 Å². The highest BCUT2D eigenvalue weighted by Gasteiger charge is 2.61. The molecule has 4 nitrogen and oxygen atoms in total. The van der Waals surface area contributed by atoms with Crippen LogP contribution in [0, 0.1) is 46.3 Å². The maximum atomic E-state index is 13.4. The standard InChI is InChI=1S/C27H42O4/c1-16(6-5-7-17(2)25(30)31)20-8-9-21-24-22(11-13-27(20,21)4)26(3)12-10-19(28)14-18(26)15-23(24)29/h15-17,19-22,24,28H,5-14H2,1-4H3,(H,30,31)/t16-,17?,19+,20-,21+,22+,24+,26+,27-/m1/s1/i2D3. The minimum absolute atomic E-state index is 0.0317. The summed E-state index contributed by atoms with van der Waals surface area (Å²) in [5.41, 5.74) is 1.30. The van der Waals surface area contributed by atoms with Crippen molar-refractivity contribution >= 4 is 11.8 Å². The summed E-state index contributed by atoms with van der Waals surface area (Å²) in [4.78, 5) is 24.8. The highest BCUT2D eigenvalue weighted by atomic mass is 16.4. The van der Waals surface area contributed by atoms with Gasteiger partial charge in [-0.15, -0.1) is 0 Å². The predicted octanol–water partition coefficient (Wildman–Crippen LogP) is 5.63. The zero-order valence-electron chi connectivity index (χ0n) is 22.4. The number of carbonyl (C=O) groups excluding carboxylic acids is 1. The number of aliphatic carboxylic acids is 1. The molecule has 0 bridgehead atoms. The molecule has 0 aromatic heterocycles. The number of carboxylic acid groups (broad SMARTS) is 1. The van der Waals surface area contributed by atoms with Crippen LogP contribution in [0.25, 0.3) is 0 Å². The van der Waals surface area contributed by atoms with E-state index in [4.69, 9.17) is 4.11 Å². The molecule has 9 atom stereocenters. The lowest BCUT2D eigenvalue weighted by molar-refractivity contribution is -0.141. The van der Waals surface area contributed by atoms with Gasteiger partial charge in [-0.2, -0.15) is 0 Å². The van der Waals surface area contributed by atoms with E-state index in [-0.39, 0.29) is 35.1 Å². The molecule has 0 radical (unpaired) electrons. The topological polar surface area (TPSA) is 74.6 Å². The number of ketones is 1. The van der Waals surface area contributed by atoms with E-state index in [1.165, 1.54) is 5.57 Å². The van der Waals surface area contributed by atoms with Gasteiger partial charge in [0.2, 0.25) is 0 Å². The van der Waals surface area contributed by atoms with Gasteiger partial charge in [-0.1, -0.05) is 46.0 Å². The van der Waals surface area contributed by atoms with Crippen LogP contribution in [0.15, 0.2) is 11.6 Å². The molecule has 2 N–H and O–H groups in total. The van der Waals surface area contributed by atoms with Gasteiger partial charge in [-0.3, -0.25) is 9.59 Å². The van der Waals surface area contributed by atoms with E-state index in [0.717, 1.165) is 44.9 Å². The lowest BCUT2D eigenvalue weighted by atomic mass is 9.46. The summed E-state index contributed by atoms with van der Waals surface area (Å²) in [6, 6.07) is 0. The van der Waals surface area contributed by atoms with Crippen molar-refractivity contribution in [3.05, 3.63) is 11.6 Å². The van der Waals surface area contributed by atoms with Crippen LogP contribution in [0.4, 0.5) is 0 Å². The monoisotopic (exact) mass is 433 g/mol. The SMILES string of the molecule is [2H]C([2H])([2H])C(CCC[C@@H](C)[C@H]1CC[C@H]2[C@@H]3C(=O)C=C4C[C@@H](O)CC[C@]4(C)[C@H]3CC[C@]12C)C(=O)O. The number of aliphatic hydroxyl groups excluding tert-OH is 1. The fourth-order valence-electron chi connectivity index (χ4n) is 8.33. The number of fused-ring (bicyclic) bond motifs is 5. The Morgan fingerprint density at radius 2 is 1.97 bits per heavy atom. The molecule has 31 heavy (non-hydrogen) atoms. The molecule has 4 heteroatoms.